The van der Waals surface area contributed by atoms with Gasteiger partial charge in [-0.15, -0.1) is 23.1 Å². The molecule has 0 spiro atoms. The molecule has 1 rings (SSSR count). The van der Waals surface area contributed by atoms with Gasteiger partial charge in [0.15, 0.2) is 0 Å². The minimum absolute atomic E-state index is 0.711. The summed E-state index contributed by atoms with van der Waals surface area (Å²) in [6.45, 7) is 3.54. The van der Waals surface area contributed by atoms with E-state index >= 15 is 0 Å². The zero-order valence-corrected chi connectivity index (χ0v) is 11.3. The second-order valence-electron chi connectivity index (χ2n) is 3.37. The van der Waals surface area contributed by atoms with E-state index in [1.54, 1.807) is 23.1 Å². The smallest absolute Gasteiger partial charge is 0.210 e. The van der Waals surface area contributed by atoms with Crippen molar-refractivity contribution in [1.29, 1.82) is 0 Å². The third-order valence-corrected chi connectivity index (χ3v) is 3.82. The Morgan fingerprint density at radius 2 is 2.44 bits per heavy atom. The van der Waals surface area contributed by atoms with E-state index in [0.29, 0.717) is 6.54 Å². The highest BCUT2D eigenvalue weighted by Crippen LogP contribution is 2.16. The summed E-state index contributed by atoms with van der Waals surface area (Å²) in [4.78, 5) is 15.3. The van der Waals surface area contributed by atoms with Crippen LogP contribution in [0.5, 0.6) is 0 Å². The van der Waals surface area contributed by atoms with Gasteiger partial charge in [-0.2, -0.15) is 0 Å². The monoisotopic (exact) mass is 255 g/mol. The molecule has 0 atom stereocenters. The highest BCUT2D eigenvalue weighted by Gasteiger charge is 2.06. The number of rotatable bonds is 7. The Balaban J connectivity index is 2.54. The molecule has 0 saturated heterocycles. The Hall–Kier alpha value is -0.740. The molecule has 0 aliphatic rings. The van der Waals surface area contributed by atoms with Gasteiger partial charge in [0, 0.05) is 4.88 Å². The molecule has 0 fully saturated rings. The maximum atomic E-state index is 11.0. The van der Waals surface area contributed by atoms with Gasteiger partial charge in [-0.3, -0.25) is 4.79 Å². The molecule has 0 radical (unpaired) electrons. The van der Waals surface area contributed by atoms with Gasteiger partial charge in [0.2, 0.25) is 6.41 Å². The maximum Gasteiger partial charge on any atom is 0.210 e. The normalized spacial score (nSPS) is 11.5. The Morgan fingerprint density at radius 1 is 1.62 bits per heavy atom. The summed E-state index contributed by atoms with van der Waals surface area (Å²) in [5, 5.41) is 2.04. The molecule has 1 aromatic rings. The molecule has 0 bridgehead atoms. The highest BCUT2D eigenvalue weighted by molar-refractivity contribution is 8.02. The quantitative estimate of drug-likeness (QED) is 0.696. The lowest BCUT2D eigenvalue weighted by Gasteiger charge is -2.17. The second kappa shape index (κ2) is 7.52. The lowest BCUT2D eigenvalue weighted by Crippen LogP contribution is -2.22. The predicted octanol–water partition coefficient (Wildman–Crippen LogP) is 3.36. The fourth-order valence-corrected chi connectivity index (χ4v) is 2.73. The molecule has 0 aromatic carbocycles. The maximum absolute atomic E-state index is 11.0. The largest absolute Gasteiger partial charge is 0.335 e. The molecule has 88 valence electrons. The number of thiophene rings is 1. The van der Waals surface area contributed by atoms with Crippen molar-refractivity contribution in [2.45, 2.75) is 19.9 Å². The van der Waals surface area contributed by atoms with E-state index in [9.17, 15) is 4.79 Å². The lowest BCUT2D eigenvalue weighted by molar-refractivity contribution is -0.118. The highest BCUT2D eigenvalue weighted by atomic mass is 32.2. The van der Waals surface area contributed by atoms with E-state index in [0.717, 1.165) is 19.4 Å². The fraction of sp³-hybridized carbons (Fsp3) is 0.417. The standard InChI is InChI=1S/C12H17NOS2/c1-3-5-11(15-2)8-13(10-14)9-12-6-4-7-16-12/h4-7,10H,3,8-9H2,1-2H3/b11-5-. The molecule has 2 nitrogen and oxygen atoms in total. The third kappa shape index (κ3) is 4.41. The van der Waals surface area contributed by atoms with Crippen LogP contribution in [0.15, 0.2) is 28.5 Å². The van der Waals surface area contributed by atoms with Crippen LogP contribution < -0.4 is 0 Å². The molecule has 0 N–H and O–H groups in total. The van der Waals surface area contributed by atoms with Crippen molar-refractivity contribution < 1.29 is 4.79 Å². The van der Waals surface area contributed by atoms with Gasteiger partial charge >= 0.3 is 0 Å². The van der Waals surface area contributed by atoms with Gasteiger partial charge in [-0.25, -0.2) is 0 Å². The summed E-state index contributed by atoms with van der Waals surface area (Å²) in [6, 6.07) is 4.07. The van der Waals surface area contributed by atoms with Crippen LogP contribution in [0, 0.1) is 0 Å². The number of carbonyl (C=O) groups excluding carboxylic acids is 1. The molecule has 0 unspecified atom stereocenters. The fourth-order valence-electron chi connectivity index (χ4n) is 1.37. The number of thioether (sulfide) groups is 1. The average molecular weight is 255 g/mol. The van der Waals surface area contributed by atoms with Crippen LogP contribution in [0.1, 0.15) is 18.2 Å². The van der Waals surface area contributed by atoms with Crippen molar-refractivity contribution in [1.82, 2.24) is 4.90 Å². The zero-order chi connectivity index (χ0) is 11.8. The molecule has 16 heavy (non-hydrogen) atoms. The van der Waals surface area contributed by atoms with Crippen molar-refractivity contribution in [3.05, 3.63) is 33.4 Å². The molecular weight excluding hydrogens is 238 g/mol. The first-order valence-corrected chi connectivity index (χ1v) is 7.35. The van der Waals surface area contributed by atoms with E-state index in [2.05, 4.69) is 25.3 Å². The Morgan fingerprint density at radius 3 is 2.94 bits per heavy atom. The summed E-state index contributed by atoms with van der Waals surface area (Å²) in [7, 11) is 0. The first-order valence-electron chi connectivity index (χ1n) is 5.25. The topological polar surface area (TPSA) is 20.3 Å². The summed E-state index contributed by atoms with van der Waals surface area (Å²) in [6.07, 6.45) is 6.17. The van der Waals surface area contributed by atoms with Crippen molar-refractivity contribution in [3.8, 4) is 0 Å². The van der Waals surface area contributed by atoms with Gasteiger partial charge in [0.1, 0.15) is 0 Å². The van der Waals surface area contributed by atoms with Crippen LogP contribution in [-0.4, -0.2) is 24.1 Å². The van der Waals surface area contributed by atoms with Crippen molar-refractivity contribution in [2.75, 3.05) is 12.8 Å². The van der Waals surface area contributed by atoms with Crippen LogP contribution in [0.2, 0.25) is 0 Å². The van der Waals surface area contributed by atoms with Crippen molar-refractivity contribution >= 4 is 29.5 Å². The van der Waals surface area contributed by atoms with E-state index in [1.807, 2.05) is 16.3 Å². The van der Waals surface area contributed by atoms with Crippen LogP contribution in [0.4, 0.5) is 0 Å². The average Bonchev–Trinajstić information content (AvgIpc) is 2.80. The number of hydrogen-bond acceptors (Lipinski definition) is 3. The van der Waals surface area contributed by atoms with Gasteiger partial charge in [-0.05, 0) is 29.0 Å². The molecule has 1 amide bonds. The molecule has 1 aromatic heterocycles. The molecule has 0 aliphatic carbocycles. The van der Waals surface area contributed by atoms with E-state index in [-0.39, 0.29) is 0 Å². The number of hydrogen-bond donors (Lipinski definition) is 0. The van der Waals surface area contributed by atoms with Crippen LogP contribution in [-0.2, 0) is 11.3 Å². The van der Waals surface area contributed by atoms with Crippen LogP contribution in [0.25, 0.3) is 0 Å². The van der Waals surface area contributed by atoms with Gasteiger partial charge in [-0.1, -0.05) is 19.1 Å². The van der Waals surface area contributed by atoms with Crippen LogP contribution in [0.3, 0.4) is 0 Å². The molecule has 1 heterocycles. The van der Waals surface area contributed by atoms with Crippen molar-refractivity contribution in [3.63, 3.8) is 0 Å². The first-order chi connectivity index (χ1) is 7.80. The molecule has 0 saturated carbocycles. The molecule has 4 heteroatoms. The minimum atomic E-state index is 0.711. The summed E-state index contributed by atoms with van der Waals surface area (Å²) in [5.74, 6) is 0. The molecule has 0 aliphatic heterocycles. The lowest BCUT2D eigenvalue weighted by atomic mass is 10.3. The SMILES string of the molecule is CC/C=C(/CN(C=O)Cc1cccs1)SC. The Labute approximate surface area is 105 Å². The summed E-state index contributed by atoms with van der Waals surface area (Å²) < 4.78 is 0. The summed E-state index contributed by atoms with van der Waals surface area (Å²) >= 11 is 3.40. The van der Waals surface area contributed by atoms with Crippen LogP contribution >= 0.6 is 23.1 Å². The third-order valence-electron chi connectivity index (χ3n) is 2.14. The minimum Gasteiger partial charge on any atom is -0.335 e. The number of carbonyl (C=O) groups is 1. The van der Waals surface area contributed by atoms with E-state index in [1.165, 1.54) is 9.78 Å². The van der Waals surface area contributed by atoms with Gasteiger partial charge in [0.25, 0.3) is 0 Å². The predicted molar refractivity (Wildman–Crippen MR) is 72.7 cm³/mol. The zero-order valence-electron chi connectivity index (χ0n) is 9.68. The number of amides is 1. The second-order valence-corrected chi connectivity index (χ2v) is 5.34. The van der Waals surface area contributed by atoms with Gasteiger partial charge in [0.05, 0.1) is 13.1 Å². The Bertz CT molecular complexity index is 333. The van der Waals surface area contributed by atoms with Crippen molar-refractivity contribution in [2.24, 2.45) is 0 Å². The number of allylic oxidation sites excluding steroid dienone is 1. The van der Waals surface area contributed by atoms with E-state index in [4.69, 9.17) is 0 Å². The number of nitrogens with zero attached hydrogens (tertiary/aromatic N) is 1. The Kier molecular flexibility index (Phi) is 6.26. The summed E-state index contributed by atoms with van der Waals surface area (Å²) in [5.41, 5.74) is 0. The van der Waals surface area contributed by atoms with Gasteiger partial charge < -0.3 is 4.90 Å². The first kappa shape index (κ1) is 13.3. The van der Waals surface area contributed by atoms with E-state index < -0.39 is 0 Å². The molecular formula is C12H17NOS2.